The van der Waals surface area contributed by atoms with Crippen molar-refractivity contribution in [1.82, 2.24) is 4.98 Å². The van der Waals surface area contributed by atoms with E-state index in [4.69, 9.17) is 32.7 Å². The molecular weight excluding hydrogens is 359 g/mol. The molecule has 0 amide bonds. The summed E-state index contributed by atoms with van der Waals surface area (Å²) in [5, 5.41) is 39.7. The van der Waals surface area contributed by atoms with Gasteiger partial charge in [0.25, 0.3) is 0 Å². The molecule has 128 valence electrons. The second-order valence-corrected chi connectivity index (χ2v) is 6.20. The summed E-state index contributed by atoms with van der Waals surface area (Å²) in [6.45, 7) is -0.475. The largest absolute Gasteiger partial charge is 0.481 e. The highest BCUT2D eigenvalue weighted by molar-refractivity contribution is 6.43. The van der Waals surface area contributed by atoms with E-state index in [1.165, 1.54) is 13.2 Å². The molecule has 0 bridgehead atoms. The topological polar surface area (TPSA) is 119 Å². The Morgan fingerprint density at radius 3 is 2.62 bits per heavy atom. The van der Waals surface area contributed by atoms with Crippen LogP contribution in [0, 0.1) is 11.3 Å². The van der Waals surface area contributed by atoms with Crippen LogP contribution >= 0.6 is 23.2 Å². The number of ether oxygens (including phenoxy) is 2. The zero-order valence-electron chi connectivity index (χ0n) is 12.5. The van der Waals surface area contributed by atoms with Gasteiger partial charge in [0.15, 0.2) is 0 Å². The maximum Gasteiger partial charge on any atom is 0.210 e. The molecule has 1 fully saturated rings. The monoisotopic (exact) mass is 372 g/mol. The number of benzene rings is 1. The van der Waals surface area contributed by atoms with Gasteiger partial charge in [0, 0.05) is 10.9 Å². The average Bonchev–Trinajstić information content (AvgIpc) is 3.07. The number of H-pyrrole nitrogens is 1. The van der Waals surface area contributed by atoms with Gasteiger partial charge < -0.3 is 29.8 Å². The number of aliphatic hydroxyl groups excluding tert-OH is 3. The number of halogens is 2. The number of methoxy groups -OCH3 is 1. The molecule has 4 N–H and O–H groups in total. The molecule has 2 heterocycles. The fourth-order valence-electron chi connectivity index (χ4n) is 2.98. The van der Waals surface area contributed by atoms with Crippen molar-refractivity contribution in [3.8, 4) is 11.9 Å². The van der Waals surface area contributed by atoms with E-state index in [-0.39, 0.29) is 27.1 Å². The first-order chi connectivity index (χ1) is 11.4. The number of nitriles is 1. The highest BCUT2D eigenvalue weighted by Crippen LogP contribution is 2.45. The lowest BCUT2D eigenvalue weighted by molar-refractivity contribution is -0.0223. The molecule has 7 nitrogen and oxygen atoms in total. The summed E-state index contributed by atoms with van der Waals surface area (Å²) in [5.74, 6) is 0.221. The summed E-state index contributed by atoms with van der Waals surface area (Å²) in [4.78, 5) is 2.91. The molecule has 0 unspecified atom stereocenters. The van der Waals surface area contributed by atoms with E-state index < -0.39 is 31.0 Å². The summed E-state index contributed by atoms with van der Waals surface area (Å²) >= 11 is 12.5. The number of nitrogens with zero attached hydrogens (tertiary/aromatic N) is 1. The van der Waals surface area contributed by atoms with Gasteiger partial charge in [-0.2, -0.15) is 5.26 Å². The molecule has 1 aromatic carbocycles. The Labute approximate surface area is 146 Å². The van der Waals surface area contributed by atoms with Crippen molar-refractivity contribution in [1.29, 1.82) is 5.26 Å². The molecule has 2 aromatic rings. The molecule has 9 heteroatoms. The number of fused-ring (bicyclic) bond motifs is 1. The van der Waals surface area contributed by atoms with Crippen LogP contribution in [-0.2, 0) is 4.74 Å². The normalized spacial score (nSPS) is 26.7. The number of rotatable bonds is 3. The molecule has 0 spiro atoms. The smallest absolute Gasteiger partial charge is 0.210 e. The highest BCUT2D eigenvalue weighted by atomic mass is 35.5. The van der Waals surface area contributed by atoms with Gasteiger partial charge in [-0.3, -0.25) is 0 Å². The van der Waals surface area contributed by atoms with Crippen LogP contribution in [0.15, 0.2) is 6.07 Å². The number of hydrogen-bond donors (Lipinski definition) is 4. The van der Waals surface area contributed by atoms with E-state index in [1.807, 2.05) is 6.07 Å². The lowest BCUT2D eigenvalue weighted by Gasteiger charge is -2.18. The quantitative estimate of drug-likeness (QED) is 0.648. The number of aliphatic hydroxyl groups is 3. The lowest BCUT2D eigenvalue weighted by Crippen LogP contribution is -2.32. The minimum absolute atomic E-state index is 0.0946. The fraction of sp³-hybridized carbons (Fsp3) is 0.400. The third kappa shape index (κ3) is 2.43. The first kappa shape index (κ1) is 17.3. The zero-order chi connectivity index (χ0) is 17.6. The second-order valence-electron chi connectivity index (χ2n) is 5.41. The number of aromatic amines is 1. The first-order valence-corrected chi connectivity index (χ1v) is 7.80. The zero-order valence-corrected chi connectivity index (χ0v) is 14.0. The SMILES string of the molecule is COc1[nH]c2cc(Cl)c(Cl)c([C@@H]3O[C@H](CO)[C@@H](O)[C@H]3O)c2c1C#N. The van der Waals surface area contributed by atoms with E-state index in [9.17, 15) is 20.6 Å². The Kier molecular flexibility index (Phi) is 4.62. The Bertz CT molecular complexity index is 832. The molecule has 0 aliphatic carbocycles. The minimum Gasteiger partial charge on any atom is -0.481 e. The number of aromatic nitrogens is 1. The van der Waals surface area contributed by atoms with Crippen molar-refractivity contribution in [3.63, 3.8) is 0 Å². The molecule has 1 aliphatic heterocycles. The van der Waals surface area contributed by atoms with Crippen LogP contribution in [0.1, 0.15) is 17.2 Å². The molecular formula is C15H14Cl2N2O5. The van der Waals surface area contributed by atoms with Crippen molar-refractivity contribution in [3.05, 3.63) is 27.2 Å². The van der Waals surface area contributed by atoms with E-state index in [0.717, 1.165) is 0 Å². The fourth-order valence-corrected chi connectivity index (χ4v) is 3.44. The van der Waals surface area contributed by atoms with Crippen molar-refractivity contribution in [2.24, 2.45) is 0 Å². The van der Waals surface area contributed by atoms with Crippen molar-refractivity contribution in [2.75, 3.05) is 13.7 Å². The van der Waals surface area contributed by atoms with Crippen LogP contribution in [0.4, 0.5) is 0 Å². The molecule has 4 atom stereocenters. The van der Waals surface area contributed by atoms with Crippen LogP contribution in [0.25, 0.3) is 10.9 Å². The van der Waals surface area contributed by atoms with Crippen LogP contribution in [0.5, 0.6) is 5.88 Å². The van der Waals surface area contributed by atoms with E-state index in [1.54, 1.807) is 0 Å². The van der Waals surface area contributed by atoms with Crippen LogP contribution in [-0.4, -0.2) is 52.3 Å². The molecule has 1 saturated heterocycles. The maximum absolute atomic E-state index is 10.3. The predicted molar refractivity (Wildman–Crippen MR) is 86.3 cm³/mol. The third-order valence-corrected chi connectivity index (χ3v) is 4.93. The molecule has 1 aliphatic rings. The van der Waals surface area contributed by atoms with E-state index in [0.29, 0.717) is 10.9 Å². The summed E-state index contributed by atoms with van der Waals surface area (Å²) in [6, 6.07) is 3.56. The average molecular weight is 373 g/mol. The number of nitrogens with one attached hydrogen (secondary N) is 1. The molecule has 0 radical (unpaired) electrons. The number of hydrogen-bond acceptors (Lipinski definition) is 6. The van der Waals surface area contributed by atoms with Gasteiger partial charge in [0.05, 0.1) is 29.3 Å². The Morgan fingerprint density at radius 1 is 1.38 bits per heavy atom. The van der Waals surface area contributed by atoms with Gasteiger partial charge in [-0.05, 0) is 6.07 Å². The summed E-state index contributed by atoms with van der Waals surface area (Å²) in [5.41, 5.74) is 0.919. The van der Waals surface area contributed by atoms with Crippen molar-refractivity contribution >= 4 is 34.1 Å². The third-order valence-electron chi connectivity index (χ3n) is 4.12. The molecule has 3 rings (SSSR count). The minimum atomic E-state index is -1.34. The molecule has 24 heavy (non-hydrogen) atoms. The van der Waals surface area contributed by atoms with Gasteiger partial charge in [-0.15, -0.1) is 0 Å². The summed E-state index contributed by atoms with van der Waals surface area (Å²) in [6.07, 6.45) is -4.66. The Hall–Kier alpha value is -1.53. The predicted octanol–water partition coefficient (Wildman–Crippen LogP) is 1.51. The van der Waals surface area contributed by atoms with Gasteiger partial charge in [0.2, 0.25) is 5.88 Å². The van der Waals surface area contributed by atoms with Gasteiger partial charge >= 0.3 is 0 Å². The lowest BCUT2D eigenvalue weighted by atomic mass is 9.96. The van der Waals surface area contributed by atoms with Crippen molar-refractivity contribution in [2.45, 2.75) is 24.4 Å². The van der Waals surface area contributed by atoms with Gasteiger partial charge in [-0.1, -0.05) is 23.2 Å². The Balaban J connectivity index is 2.29. The second kappa shape index (κ2) is 6.41. The Morgan fingerprint density at radius 2 is 2.08 bits per heavy atom. The summed E-state index contributed by atoms with van der Waals surface area (Å²) in [7, 11) is 1.40. The molecule has 0 saturated carbocycles. The van der Waals surface area contributed by atoms with Crippen LogP contribution < -0.4 is 4.74 Å². The standard InChI is InChI=1S/C15H14Cl2N2O5/c1-23-15-5(3-18)9-7(19-15)2-6(16)11(17)10(9)14-13(22)12(21)8(4-20)24-14/h2,8,12-14,19-22H,4H2,1H3/t8-,12-,13-,14+/m1/s1. The van der Waals surface area contributed by atoms with Crippen molar-refractivity contribution < 1.29 is 24.8 Å². The summed E-state index contributed by atoms with van der Waals surface area (Å²) < 4.78 is 10.7. The van der Waals surface area contributed by atoms with E-state index >= 15 is 0 Å². The molecule has 1 aromatic heterocycles. The maximum atomic E-state index is 10.3. The van der Waals surface area contributed by atoms with E-state index in [2.05, 4.69) is 4.98 Å². The first-order valence-electron chi connectivity index (χ1n) is 7.04. The van der Waals surface area contributed by atoms with Crippen LogP contribution in [0.2, 0.25) is 10.0 Å². The van der Waals surface area contributed by atoms with Gasteiger partial charge in [0.1, 0.15) is 36.0 Å². The van der Waals surface area contributed by atoms with Gasteiger partial charge in [-0.25, -0.2) is 0 Å². The highest BCUT2D eigenvalue weighted by Gasteiger charge is 2.45. The van der Waals surface area contributed by atoms with Crippen LogP contribution in [0.3, 0.4) is 0 Å².